The Hall–Kier alpha value is -1.34. The summed E-state index contributed by atoms with van der Waals surface area (Å²) < 4.78 is 1.81. The highest BCUT2D eigenvalue weighted by molar-refractivity contribution is 8.00. The number of aryl methyl sites for hydroxylation is 2. The third-order valence-corrected chi connectivity index (χ3v) is 8.23. The third-order valence-electron chi connectivity index (χ3n) is 5.96. The molecule has 2 aromatic rings. The molecule has 1 aliphatic heterocycles. The average molecular weight is 420 g/mol. The molecular weight excluding hydrogens is 390 g/mol. The van der Waals surface area contributed by atoms with E-state index in [4.69, 9.17) is 4.98 Å². The minimum atomic E-state index is -0.229. The molecule has 7 heteroatoms. The molecule has 1 atom stereocenters. The number of carbonyl (C=O) groups is 1. The van der Waals surface area contributed by atoms with Gasteiger partial charge < -0.3 is 4.90 Å². The molecule has 0 saturated carbocycles. The van der Waals surface area contributed by atoms with Crippen LogP contribution in [0.2, 0.25) is 0 Å². The van der Waals surface area contributed by atoms with Crippen LogP contribution in [-0.2, 0) is 24.2 Å². The van der Waals surface area contributed by atoms with Crippen LogP contribution in [0.5, 0.6) is 0 Å². The van der Waals surface area contributed by atoms with Crippen molar-refractivity contribution in [3.63, 3.8) is 0 Å². The lowest BCUT2D eigenvalue weighted by atomic mass is 9.99. The summed E-state index contributed by atoms with van der Waals surface area (Å²) in [5.41, 5.74) is 1.31. The second-order valence-electron chi connectivity index (χ2n) is 8.16. The van der Waals surface area contributed by atoms with E-state index in [1.165, 1.54) is 22.2 Å². The first-order chi connectivity index (χ1) is 13.5. The zero-order valence-corrected chi connectivity index (χ0v) is 18.6. The molecule has 0 bridgehead atoms. The van der Waals surface area contributed by atoms with Crippen molar-refractivity contribution in [2.24, 2.45) is 5.92 Å². The van der Waals surface area contributed by atoms with Crippen molar-refractivity contribution in [2.75, 3.05) is 13.1 Å². The zero-order chi connectivity index (χ0) is 19.8. The molecule has 1 fully saturated rings. The maximum Gasteiger partial charge on any atom is 0.263 e. The molecule has 0 radical (unpaired) electrons. The van der Waals surface area contributed by atoms with Gasteiger partial charge in [0.05, 0.1) is 10.6 Å². The highest BCUT2D eigenvalue weighted by Gasteiger charge is 2.28. The molecule has 1 unspecified atom stereocenters. The fourth-order valence-electron chi connectivity index (χ4n) is 4.26. The van der Waals surface area contributed by atoms with Crippen molar-refractivity contribution < 1.29 is 4.79 Å². The van der Waals surface area contributed by atoms with E-state index >= 15 is 0 Å². The summed E-state index contributed by atoms with van der Waals surface area (Å²) >= 11 is 3.12. The van der Waals surface area contributed by atoms with Gasteiger partial charge in [-0.1, -0.05) is 25.6 Å². The van der Waals surface area contributed by atoms with Crippen LogP contribution in [0.3, 0.4) is 0 Å². The molecule has 0 aromatic carbocycles. The van der Waals surface area contributed by atoms with Crippen LogP contribution >= 0.6 is 23.1 Å². The molecule has 1 saturated heterocycles. The number of hydrogen-bond donors (Lipinski definition) is 0. The summed E-state index contributed by atoms with van der Waals surface area (Å²) in [6, 6.07) is 0. The largest absolute Gasteiger partial charge is 0.342 e. The number of thioether (sulfide) groups is 1. The minimum Gasteiger partial charge on any atom is -0.342 e. The lowest BCUT2D eigenvalue weighted by Gasteiger charge is -2.32. The Morgan fingerprint density at radius 3 is 2.79 bits per heavy atom. The van der Waals surface area contributed by atoms with E-state index < -0.39 is 0 Å². The predicted octanol–water partition coefficient (Wildman–Crippen LogP) is 4.10. The lowest BCUT2D eigenvalue weighted by molar-refractivity contribution is -0.131. The molecule has 28 heavy (non-hydrogen) atoms. The van der Waals surface area contributed by atoms with E-state index in [2.05, 4.69) is 13.8 Å². The number of fused-ring (bicyclic) bond motifs is 3. The first-order valence-electron chi connectivity index (χ1n) is 10.5. The molecule has 1 aliphatic carbocycles. The SMILES string of the molecule is CCCn1c(SC(C)C(=O)N2CCC(C)CC2)nc2sc3c(c2c1=O)CCC3. The van der Waals surface area contributed by atoms with Gasteiger partial charge in [-0.15, -0.1) is 11.3 Å². The van der Waals surface area contributed by atoms with Gasteiger partial charge in [0.1, 0.15) is 4.83 Å². The number of hydrogen-bond acceptors (Lipinski definition) is 5. The van der Waals surface area contributed by atoms with Crippen molar-refractivity contribution in [3.8, 4) is 0 Å². The van der Waals surface area contributed by atoms with Gasteiger partial charge in [-0.2, -0.15) is 0 Å². The van der Waals surface area contributed by atoms with Gasteiger partial charge in [-0.05, 0) is 56.9 Å². The smallest absolute Gasteiger partial charge is 0.263 e. The Bertz CT molecular complexity index is 941. The van der Waals surface area contributed by atoms with Gasteiger partial charge in [-0.25, -0.2) is 4.98 Å². The van der Waals surface area contributed by atoms with E-state index in [1.54, 1.807) is 15.9 Å². The molecule has 2 aliphatic rings. The van der Waals surface area contributed by atoms with Crippen LogP contribution in [0.1, 0.15) is 56.9 Å². The number of aromatic nitrogens is 2. The van der Waals surface area contributed by atoms with Gasteiger partial charge in [0.25, 0.3) is 5.56 Å². The zero-order valence-electron chi connectivity index (χ0n) is 17.0. The quantitative estimate of drug-likeness (QED) is 0.541. The highest BCUT2D eigenvalue weighted by atomic mass is 32.2. The number of rotatable bonds is 5. The van der Waals surface area contributed by atoms with Gasteiger partial charge in [0, 0.05) is 24.5 Å². The van der Waals surface area contributed by atoms with Crippen LogP contribution in [0.15, 0.2) is 9.95 Å². The summed E-state index contributed by atoms with van der Waals surface area (Å²) in [6.45, 7) is 8.62. The molecule has 4 rings (SSSR count). The molecule has 0 N–H and O–H groups in total. The van der Waals surface area contributed by atoms with E-state index in [9.17, 15) is 9.59 Å². The molecule has 3 heterocycles. The number of carbonyl (C=O) groups excluding carboxylic acids is 1. The van der Waals surface area contributed by atoms with Crippen LogP contribution in [0, 0.1) is 5.92 Å². The predicted molar refractivity (Wildman–Crippen MR) is 116 cm³/mol. The van der Waals surface area contributed by atoms with Gasteiger partial charge in [0.2, 0.25) is 5.91 Å². The van der Waals surface area contributed by atoms with Crippen molar-refractivity contribution in [1.82, 2.24) is 14.5 Å². The Balaban J connectivity index is 1.63. The summed E-state index contributed by atoms with van der Waals surface area (Å²) in [5, 5.41) is 1.30. The van der Waals surface area contributed by atoms with Gasteiger partial charge >= 0.3 is 0 Å². The first-order valence-corrected chi connectivity index (χ1v) is 12.2. The Morgan fingerprint density at radius 1 is 1.32 bits per heavy atom. The van der Waals surface area contributed by atoms with Gasteiger partial charge in [-0.3, -0.25) is 14.2 Å². The second-order valence-corrected chi connectivity index (χ2v) is 10.5. The maximum atomic E-state index is 13.3. The van der Waals surface area contributed by atoms with E-state index in [-0.39, 0.29) is 16.7 Å². The molecule has 5 nitrogen and oxygen atoms in total. The second kappa shape index (κ2) is 8.19. The maximum absolute atomic E-state index is 13.3. The van der Waals surface area contributed by atoms with Crippen molar-refractivity contribution >= 4 is 39.2 Å². The Kier molecular flexibility index (Phi) is 5.83. The molecular formula is C21H29N3O2S2. The molecule has 1 amide bonds. The summed E-state index contributed by atoms with van der Waals surface area (Å²) in [4.78, 5) is 35.2. The van der Waals surface area contributed by atoms with Crippen molar-refractivity contribution in [1.29, 1.82) is 0 Å². The Morgan fingerprint density at radius 2 is 2.07 bits per heavy atom. The standard InChI is InChI=1S/C21H29N3O2S2/c1-4-10-24-20(26)17-15-6-5-7-16(15)28-18(17)22-21(24)27-14(3)19(25)23-11-8-13(2)9-12-23/h13-14H,4-12H2,1-3H3. The number of amides is 1. The molecule has 0 spiro atoms. The van der Waals surface area contributed by atoms with E-state index in [1.807, 2.05) is 11.8 Å². The topological polar surface area (TPSA) is 55.2 Å². The lowest BCUT2D eigenvalue weighted by Crippen LogP contribution is -2.42. The monoisotopic (exact) mass is 419 g/mol. The van der Waals surface area contributed by atoms with Crippen molar-refractivity contribution in [2.45, 2.75) is 76.2 Å². The number of thiophene rings is 1. The van der Waals surface area contributed by atoms with E-state index in [0.29, 0.717) is 17.6 Å². The van der Waals surface area contributed by atoms with Crippen LogP contribution < -0.4 is 5.56 Å². The Labute approximate surface area is 174 Å². The fourth-order valence-corrected chi connectivity index (χ4v) is 6.58. The summed E-state index contributed by atoms with van der Waals surface area (Å²) in [7, 11) is 0. The number of likely N-dealkylation sites (tertiary alicyclic amines) is 1. The van der Waals surface area contributed by atoms with Crippen LogP contribution in [0.25, 0.3) is 10.2 Å². The molecule has 152 valence electrons. The fraction of sp³-hybridized carbons (Fsp3) is 0.667. The van der Waals surface area contributed by atoms with Crippen molar-refractivity contribution in [3.05, 3.63) is 20.8 Å². The van der Waals surface area contributed by atoms with Crippen LogP contribution in [-0.4, -0.2) is 38.7 Å². The van der Waals surface area contributed by atoms with E-state index in [0.717, 1.165) is 61.8 Å². The molecule has 2 aromatic heterocycles. The first kappa shape index (κ1) is 20.0. The number of nitrogens with zero attached hydrogens (tertiary/aromatic N) is 3. The summed E-state index contributed by atoms with van der Waals surface area (Å²) in [5.74, 6) is 0.870. The van der Waals surface area contributed by atoms with Crippen LogP contribution in [0.4, 0.5) is 0 Å². The highest BCUT2D eigenvalue weighted by Crippen LogP contribution is 2.36. The minimum absolute atomic E-state index is 0.0835. The summed E-state index contributed by atoms with van der Waals surface area (Å²) in [6.07, 6.45) is 6.23. The number of piperidine rings is 1. The average Bonchev–Trinajstić information content (AvgIpc) is 3.25. The normalized spacial score (nSPS) is 18.6. The third kappa shape index (κ3) is 3.63. The van der Waals surface area contributed by atoms with Gasteiger partial charge in [0.15, 0.2) is 5.16 Å².